The van der Waals surface area contributed by atoms with E-state index in [0.717, 1.165) is 12.8 Å². The number of carbonyl (C=O) groups excluding carboxylic acids is 3. The van der Waals surface area contributed by atoms with Crippen LogP contribution in [0.4, 0.5) is 4.79 Å². The summed E-state index contributed by atoms with van der Waals surface area (Å²) >= 11 is 0. The normalized spacial score (nSPS) is 11.7. The summed E-state index contributed by atoms with van der Waals surface area (Å²) in [6.07, 6.45) is 3.53. The van der Waals surface area contributed by atoms with Crippen LogP contribution in [0.25, 0.3) is 6.08 Å². The van der Waals surface area contributed by atoms with Gasteiger partial charge in [-0.25, -0.2) is 9.59 Å². The molecule has 0 saturated carbocycles. The molecule has 0 aromatic heterocycles. The maximum Gasteiger partial charge on any atom is 0.331 e. The van der Waals surface area contributed by atoms with Crippen LogP contribution in [-0.2, 0) is 14.3 Å². The SMILES string of the molecule is CCCCOc1ccc(C=CC(=O)OC(C)C(=O)NC(N)=O)cc1OCC. The number of nitrogens with one attached hydrogen (secondary N) is 1. The lowest BCUT2D eigenvalue weighted by Gasteiger charge is -2.12. The first-order valence-corrected chi connectivity index (χ1v) is 8.76. The van der Waals surface area contributed by atoms with Crippen molar-refractivity contribution in [2.45, 2.75) is 39.7 Å². The summed E-state index contributed by atoms with van der Waals surface area (Å²) in [7, 11) is 0. The standard InChI is InChI=1S/C19H26N2O6/c1-4-6-11-26-15-9-7-14(12-16(15)25-5-2)8-10-17(22)27-13(3)18(23)21-19(20)24/h7-10,12-13H,4-6,11H2,1-3H3,(H3,20,21,23,24). The van der Waals surface area contributed by atoms with Crippen molar-refractivity contribution in [3.05, 3.63) is 29.8 Å². The van der Waals surface area contributed by atoms with E-state index in [4.69, 9.17) is 19.9 Å². The number of urea groups is 1. The zero-order valence-electron chi connectivity index (χ0n) is 15.8. The molecular weight excluding hydrogens is 352 g/mol. The van der Waals surface area contributed by atoms with Crippen molar-refractivity contribution in [3.8, 4) is 11.5 Å². The Balaban J connectivity index is 2.73. The number of imide groups is 1. The number of carbonyl (C=O) groups is 3. The summed E-state index contributed by atoms with van der Waals surface area (Å²) in [5.41, 5.74) is 5.54. The molecule has 1 unspecified atom stereocenters. The second-order valence-corrected chi connectivity index (χ2v) is 5.61. The summed E-state index contributed by atoms with van der Waals surface area (Å²) in [4.78, 5) is 33.9. The van der Waals surface area contributed by atoms with E-state index in [0.29, 0.717) is 30.3 Å². The molecule has 0 spiro atoms. The van der Waals surface area contributed by atoms with Gasteiger partial charge in [0.2, 0.25) is 0 Å². The van der Waals surface area contributed by atoms with E-state index >= 15 is 0 Å². The van der Waals surface area contributed by atoms with Crippen molar-refractivity contribution < 1.29 is 28.6 Å². The van der Waals surface area contributed by atoms with Crippen LogP contribution in [0.3, 0.4) is 0 Å². The Morgan fingerprint density at radius 3 is 2.56 bits per heavy atom. The van der Waals surface area contributed by atoms with E-state index in [9.17, 15) is 14.4 Å². The largest absolute Gasteiger partial charge is 0.490 e. The number of primary amides is 1. The maximum atomic E-state index is 11.8. The highest BCUT2D eigenvalue weighted by atomic mass is 16.5. The Kier molecular flexibility index (Phi) is 9.42. The number of nitrogens with two attached hydrogens (primary N) is 1. The maximum absolute atomic E-state index is 11.8. The highest BCUT2D eigenvalue weighted by Crippen LogP contribution is 2.29. The van der Waals surface area contributed by atoms with Gasteiger partial charge in [-0.2, -0.15) is 0 Å². The van der Waals surface area contributed by atoms with Gasteiger partial charge in [0, 0.05) is 6.08 Å². The van der Waals surface area contributed by atoms with E-state index in [1.165, 1.54) is 19.1 Å². The minimum Gasteiger partial charge on any atom is -0.490 e. The molecule has 0 fully saturated rings. The van der Waals surface area contributed by atoms with Gasteiger partial charge in [0.1, 0.15) is 0 Å². The number of benzene rings is 1. The Hall–Kier alpha value is -3.03. The summed E-state index contributed by atoms with van der Waals surface area (Å²) in [6.45, 7) is 6.36. The number of esters is 1. The summed E-state index contributed by atoms with van der Waals surface area (Å²) in [5, 5.41) is 1.84. The molecule has 1 aromatic carbocycles. The highest BCUT2D eigenvalue weighted by molar-refractivity contribution is 5.97. The lowest BCUT2D eigenvalue weighted by molar-refractivity contribution is -0.149. The molecule has 0 saturated heterocycles. The number of ether oxygens (including phenoxy) is 3. The van der Waals surface area contributed by atoms with Crippen molar-refractivity contribution in [2.24, 2.45) is 5.73 Å². The molecule has 8 heteroatoms. The van der Waals surface area contributed by atoms with Crippen molar-refractivity contribution in [1.29, 1.82) is 0 Å². The van der Waals surface area contributed by atoms with Gasteiger partial charge in [-0.1, -0.05) is 19.4 Å². The molecule has 27 heavy (non-hydrogen) atoms. The molecule has 0 aliphatic rings. The Bertz CT molecular complexity index is 687. The van der Waals surface area contributed by atoms with E-state index in [-0.39, 0.29) is 0 Å². The predicted molar refractivity (Wildman–Crippen MR) is 100 cm³/mol. The first kappa shape index (κ1) is 22.0. The molecule has 0 aliphatic heterocycles. The molecule has 0 bridgehead atoms. The Morgan fingerprint density at radius 1 is 1.19 bits per heavy atom. The van der Waals surface area contributed by atoms with Gasteiger partial charge in [0.15, 0.2) is 17.6 Å². The lowest BCUT2D eigenvalue weighted by atomic mass is 10.2. The van der Waals surface area contributed by atoms with Crippen molar-refractivity contribution >= 4 is 24.0 Å². The molecule has 0 radical (unpaired) electrons. The molecule has 0 heterocycles. The fourth-order valence-corrected chi connectivity index (χ4v) is 2.00. The molecule has 148 valence electrons. The average molecular weight is 378 g/mol. The molecule has 1 rings (SSSR count). The van der Waals surface area contributed by atoms with E-state index < -0.39 is 24.0 Å². The van der Waals surface area contributed by atoms with Gasteiger partial charge >= 0.3 is 12.0 Å². The van der Waals surface area contributed by atoms with Crippen LogP contribution in [0.1, 0.15) is 39.2 Å². The minimum absolute atomic E-state index is 0.478. The van der Waals surface area contributed by atoms with Gasteiger partial charge in [-0.3, -0.25) is 10.1 Å². The third kappa shape index (κ3) is 8.26. The van der Waals surface area contributed by atoms with Crippen LogP contribution in [0.2, 0.25) is 0 Å². The van der Waals surface area contributed by atoms with Crippen LogP contribution < -0.4 is 20.5 Å². The number of hydrogen-bond acceptors (Lipinski definition) is 6. The Morgan fingerprint density at radius 2 is 1.93 bits per heavy atom. The van der Waals surface area contributed by atoms with Gasteiger partial charge in [0.05, 0.1) is 13.2 Å². The number of amides is 3. The van der Waals surface area contributed by atoms with E-state index in [2.05, 4.69) is 6.92 Å². The summed E-state index contributed by atoms with van der Waals surface area (Å²) in [5.74, 6) is -0.306. The van der Waals surface area contributed by atoms with E-state index in [1.54, 1.807) is 18.2 Å². The third-order valence-corrected chi connectivity index (χ3v) is 3.34. The van der Waals surface area contributed by atoms with Gasteiger partial charge in [-0.15, -0.1) is 0 Å². The predicted octanol–water partition coefficient (Wildman–Crippen LogP) is 2.40. The van der Waals surface area contributed by atoms with Crippen LogP contribution >= 0.6 is 0 Å². The molecule has 3 amide bonds. The third-order valence-electron chi connectivity index (χ3n) is 3.34. The topological polar surface area (TPSA) is 117 Å². The van der Waals surface area contributed by atoms with Crippen molar-refractivity contribution in [2.75, 3.05) is 13.2 Å². The van der Waals surface area contributed by atoms with Gasteiger partial charge in [0.25, 0.3) is 5.91 Å². The van der Waals surface area contributed by atoms with Crippen molar-refractivity contribution in [3.63, 3.8) is 0 Å². The fraction of sp³-hybridized carbons (Fsp3) is 0.421. The number of hydrogen-bond donors (Lipinski definition) is 2. The molecule has 3 N–H and O–H groups in total. The van der Waals surface area contributed by atoms with E-state index in [1.807, 2.05) is 12.2 Å². The minimum atomic E-state index is -1.15. The fourth-order valence-electron chi connectivity index (χ4n) is 2.00. The lowest BCUT2D eigenvalue weighted by Crippen LogP contribution is -2.42. The summed E-state index contributed by atoms with van der Waals surface area (Å²) in [6, 6.07) is 4.28. The first-order chi connectivity index (χ1) is 12.9. The zero-order chi connectivity index (χ0) is 20.2. The molecule has 8 nitrogen and oxygen atoms in total. The molecule has 1 aromatic rings. The van der Waals surface area contributed by atoms with Crippen molar-refractivity contribution in [1.82, 2.24) is 5.32 Å². The van der Waals surface area contributed by atoms with Gasteiger partial charge in [-0.05, 0) is 44.0 Å². The molecule has 0 aliphatic carbocycles. The number of unbranched alkanes of at least 4 members (excludes halogenated alkanes) is 1. The second-order valence-electron chi connectivity index (χ2n) is 5.61. The van der Waals surface area contributed by atoms with Gasteiger partial charge < -0.3 is 19.9 Å². The average Bonchev–Trinajstić information content (AvgIpc) is 2.61. The first-order valence-electron chi connectivity index (χ1n) is 8.76. The monoisotopic (exact) mass is 378 g/mol. The zero-order valence-corrected chi connectivity index (χ0v) is 15.8. The quantitative estimate of drug-likeness (QED) is 0.367. The summed E-state index contributed by atoms with van der Waals surface area (Å²) < 4.78 is 16.2. The van der Waals surface area contributed by atoms with Crippen LogP contribution in [0.15, 0.2) is 24.3 Å². The Labute approximate surface area is 158 Å². The highest BCUT2D eigenvalue weighted by Gasteiger charge is 2.17. The van der Waals surface area contributed by atoms with Crippen LogP contribution in [0.5, 0.6) is 11.5 Å². The van der Waals surface area contributed by atoms with Crippen LogP contribution in [-0.4, -0.2) is 37.2 Å². The number of rotatable bonds is 10. The molecule has 1 atom stereocenters. The van der Waals surface area contributed by atoms with Crippen LogP contribution in [0, 0.1) is 0 Å². The molecular formula is C19H26N2O6. The second kappa shape index (κ2) is 11.6. The smallest absolute Gasteiger partial charge is 0.331 e.